The van der Waals surface area contributed by atoms with Crippen molar-refractivity contribution in [3.8, 4) is 5.69 Å². The summed E-state index contributed by atoms with van der Waals surface area (Å²) in [5.74, 6) is 1.27. The summed E-state index contributed by atoms with van der Waals surface area (Å²) in [6, 6.07) is 15.6. The van der Waals surface area contributed by atoms with Crippen LogP contribution >= 0.6 is 11.8 Å². The van der Waals surface area contributed by atoms with Crippen molar-refractivity contribution >= 4 is 28.4 Å². The van der Waals surface area contributed by atoms with Gasteiger partial charge in [0.2, 0.25) is 5.78 Å². The van der Waals surface area contributed by atoms with Gasteiger partial charge >= 0.3 is 0 Å². The van der Waals surface area contributed by atoms with Crippen LogP contribution in [0.15, 0.2) is 64.7 Å². The number of hydrogen-bond acceptors (Lipinski definition) is 5. The van der Waals surface area contributed by atoms with Gasteiger partial charge in [-0.15, -0.1) is 0 Å². The lowest BCUT2D eigenvalue weighted by molar-refractivity contribution is 0.818. The Morgan fingerprint density at radius 1 is 0.906 bits per heavy atom. The quantitative estimate of drug-likeness (QED) is 0.291. The summed E-state index contributed by atoms with van der Waals surface area (Å²) >= 11 is 1.51. The Labute approximate surface area is 190 Å². The molecule has 0 bridgehead atoms. The monoisotopic (exact) mass is 441 g/mol. The number of aromatic nitrogens is 5. The fraction of sp³-hybridized carbons (Fsp3) is 0.200. The van der Waals surface area contributed by atoms with E-state index in [0.717, 1.165) is 28.3 Å². The van der Waals surface area contributed by atoms with Gasteiger partial charge in [0.25, 0.3) is 5.56 Å². The maximum atomic E-state index is 13.5. The van der Waals surface area contributed by atoms with Crippen LogP contribution in [0, 0.1) is 27.7 Å². The van der Waals surface area contributed by atoms with Crippen LogP contribution in [-0.2, 0) is 5.75 Å². The van der Waals surface area contributed by atoms with Crippen molar-refractivity contribution in [3.05, 3.63) is 93.3 Å². The Morgan fingerprint density at radius 3 is 2.53 bits per heavy atom. The third kappa shape index (κ3) is 3.58. The van der Waals surface area contributed by atoms with E-state index >= 15 is 0 Å². The molecular formula is C25H23N5OS. The van der Waals surface area contributed by atoms with Crippen molar-refractivity contribution in [2.24, 2.45) is 0 Å². The first kappa shape index (κ1) is 20.5. The van der Waals surface area contributed by atoms with Crippen LogP contribution in [0.5, 0.6) is 0 Å². The second-order valence-electron chi connectivity index (χ2n) is 8.05. The van der Waals surface area contributed by atoms with Crippen LogP contribution in [0.1, 0.15) is 28.2 Å². The van der Waals surface area contributed by atoms with Gasteiger partial charge in [-0.3, -0.25) is 13.8 Å². The molecule has 3 aromatic heterocycles. The van der Waals surface area contributed by atoms with Gasteiger partial charge in [-0.05, 0) is 69.2 Å². The molecule has 0 spiro atoms. The van der Waals surface area contributed by atoms with Crippen LogP contribution in [0.3, 0.4) is 0 Å². The summed E-state index contributed by atoms with van der Waals surface area (Å²) in [4.78, 5) is 27.5. The highest BCUT2D eigenvalue weighted by atomic mass is 32.2. The lowest BCUT2D eigenvalue weighted by Gasteiger charge is -2.14. The van der Waals surface area contributed by atoms with Crippen LogP contribution in [0.4, 0.5) is 0 Å². The number of rotatable bonds is 4. The van der Waals surface area contributed by atoms with Gasteiger partial charge < -0.3 is 0 Å². The fourth-order valence-corrected chi connectivity index (χ4v) is 4.72. The molecule has 5 aromatic rings. The van der Waals surface area contributed by atoms with Crippen molar-refractivity contribution in [1.82, 2.24) is 23.9 Å². The largest absolute Gasteiger partial charge is 0.288 e. The second kappa shape index (κ2) is 7.91. The van der Waals surface area contributed by atoms with Crippen molar-refractivity contribution in [2.45, 2.75) is 38.6 Å². The van der Waals surface area contributed by atoms with Crippen LogP contribution in [-0.4, -0.2) is 23.9 Å². The Hall–Kier alpha value is -3.45. The van der Waals surface area contributed by atoms with Crippen molar-refractivity contribution in [2.75, 3.05) is 0 Å². The molecule has 32 heavy (non-hydrogen) atoms. The Bertz CT molecular complexity index is 1550. The zero-order chi connectivity index (χ0) is 22.4. The van der Waals surface area contributed by atoms with E-state index in [9.17, 15) is 4.79 Å². The van der Waals surface area contributed by atoms with Gasteiger partial charge in [-0.25, -0.2) is 15.0 Å². The molecule has 0 aliphatic heterocycles. The molecule has 0 saturated heterocycles. The molecule has 0 aliphatic carbocycles. The average molecular weight is 442 g/mol. The first-order valence-corrected chi connectivity index (χ1v) is 11.4. The highest BCUT2D eigenvalue weighted by Crippen LogP contribution is 2.25. The lowest BCUT2D eigenvalue weighted by Crippen LogP contribution is -2.22. The predicted molar refractivity (Wildman–Crippen MR) is 129 cm³/mol. The number of imidazole rings is 1. The first-order chi connectivity index (χ1) is 15.4. The van der Waals surface area contributed by atoms with Crippen molar-refractivity contribution < 1.29 is 0 Å². The molecule has 0 fully saturated rings. The zero-order valence-corrected chi connectivity index (χ0v) is 19.3. The summed E-state index contributed by atoms with van der Waals surface area (Å²) < 4.78 is 3.70. The van der Waals surface area contributed by atoms with Crippen LogP contribution < -0.4 is 5.56 Å². The number of nitrogens with zero attached hydrogens (tertiary/aromatic N) is 5. The van der Waals surface area contributed by atoms with Gasteiger partial charge in [0.1, 0.15) is 0 Å². The predicted octanol–water partition coefficient (Wildman–Crippen LogP) is 4.95. The van der Waals surface area contributed by atoms with E-state index in [0.29, 0.717) is 27.6 Å². The average Bonchev–Trinajstić information content (AvgIpc) is 3.18. The van der Waals surface area contributed by atoms with Crippen molar-refractivity contribution in [1.29, 1.82) is 0 Å². The van der Waals surface area contributed by atoms with E-state index in [2.05, 4.69) is 23.8 Å². The number of aryl methyl sites for hydroxylation is 4. The topological polar surface area (TPSA) is 65.1 Å². The molecule has 0 N–H and O–H groups in total. The molecule has 0 saturated carbocycles. The molecule has 6 nitrogen and oxygen atoms in total. The number of benzene rings is 2. The number of para-hydroxylation sites is 1. The number of fused-ring (bicyclic) bond motifs is 2. The van der Waals surface area contributed by atoms with Crippen molar-refractivity contribution in [3.63, 3.8) is 0 Å². The summed E-state index contributed by atoms with van der Waals surface area (Å²) in [6.45, 7) is 8.14. The molecule has 0 radical (unpaired) electrons. The van der Waals surface area contributed by atoms with Gasteiger partial charge in [-0.2, -0.15) is 0 Å². The Balaban J connectivity index is 1.60. The molecule has 0 aliphatic rings. The summed E-state index contributed by atoms with van der Waals surface area (Å²) in [5, 5.41) is 1.26. The number of thioether (sulfide) groups is 1. The smallest absolute Gasteiger partial charge is 0.266 e. The molecule has 0 amide bonds. The maximum absolute atomic E-state index is 13.5. The third-order valence-electron chi connectivity index (χ3n) is 5.65. The van der Waals surface area contributed by atoms with Gasteiger partial charge in [0, 0.05) is 23.3 Å². The molecule has 3 heterocycles. The minimum absolute atomic E-state index is 0.0653. The van der Waals surface area contributed by atoms with Gasteiger partial charge in [-0.1, -0.05) is 30.0 Å². The van der Waals surface area contributed by atoms with E-state index < -0.39 is 0 Å². The molecule has 2 aromatic carbocycles. The molecule has 7 heteroatoms. The first-order valence-electron chi connectivity index (χ1n) is 10.4. The minimum atomic E-state index is -0.0653. The fourth-order valence-electron chi connectivity index (χ4n) is 3.83. The number of hydrogen-bond donors (Lipinski definition) is 0. The highest BCUT2D eigenvalue weighted by Gasteiger charge is 2.15. The van der Waals surface area contributed by atoms with Crippen LogP contribution in [0.25, 0.3) is 22.4 Å². The SMILES string of the molecule is Cc1cc(C)n2cc(CSc3nc4ccccc4c(=O)n3-c3ccc(C)c(C)c3)nc2n1. The lowest BCUT2D eigenvalue weighted by atomic mass is 10.1. The zero-order valence-electron chi connectivity index (χ0n) is 18.5. The Morgan fingerprint density at radius 2 is 1.72 bits per heavy atom. The third-order valence-corrected chi connectivity index (χ3v) is 6.63. The molecule has 160 valence electrons. The maximum Gasteiger partial charge on any atom is 0.266 e. The second-order valence-corrected chi connectivity index (χ2v) is 8.99. The minimum Gasteiger partial charge on any atom is -0.288 e. The Kier molecular flexibility index (Phi) is 5.06. The van der Waals surface area contributed by atoms with E-state index in [1.165, 1.54) is 17.3 Å². The summed E-state index contributed by atoms with van der Waals surface area (Å²) in [6.07, 6.45) is 2.00. The van der Waals surface area contributed by atoms with Gasteiger partial charge in [0.05, 0.1) is 22.3 Å². The van der Waals surface area contributed by atoms with Gasteiger partial charge in [0.15, 0.2) is 5.16 Å². The van der Waals surface area contributed by atoms with Crippen LogP contribution in [0.2, 0.25) is 0 Å². The van der Waals surface area contributed by atoms with E-state index in [1.807, 2.05) is 73.0 Å². The van der Waals surface area contributed by atoms with E-state index in [4.69, 9.17) is 4.98 Å². The standard InChI is InChI=1S/C25H23N5OS/c1-15-9-10-20(11-16(15)2)30-23(31)21-7-5-6-8-22(21)28-25(30)32-14-19-13-29-18(4)12-17(3)26-24(29)27-19/h5-13H,14H2,1-4H3. The summed E-state index contributed by atoms with van der Waals surface area (Å²) in [5.41, 5.74) is 6.70. The molecule has 0 atom stereocenters. The molecular weight excluding hydrogens is 418 g/mol. The molecule has 5 rings (SSSR count). The molecule has 0 unspecified atom stereocenters. The highest BCUT2D eigenvalue weighted by molar-refractivity contribution is 7.98. The van der Waals surface area contributed by atoms with E-state index in [-0.39, 0.29) is 5.56 Å². The normalized spacial score (nSPS) is 11.5. The van der Waals surface area contributed by atoms with E-state index in [1.54, 1.807) is 4.57 Å². The summed E-state index contributed by atoms with van der Waals surface area (Å²) in [7, 11) is 0.